The second-order valence-electron chi connectivity index (χ2n) is 6.64. The van der Waals surface area contributed by atoms with Crippen LogP contribution in [-0.2, 0) is 16.6 Å². The number of aryl methyl sites for hydroxylation is 1. The van der Waals surface area contributed by atoms with Gasteiger partial charge < -0.3 is 0 Å². The Kier molecular flexibility index (Phi) is 5.54. The third-order valence-corrected chi connectivity index (χ3v) is 6.90. The zero-order valence-corrected chi connectivity index (χ0v) is 16.1. The van der Waals surface area contributed by atoms with Crippen molar-refractivity contribution in [3.63, 3.8) is 0 Å². The second-order valence-corrected chi connectivity index (χ2v) is 8.55. The second kappa shape index (κ2) is 7.71. The molecule has 0 radical (unpaired) electrons. The Hall–Kier alpha value is -2.36. The molecule has 2 heterocycles. The van der Waals surface area contributed by atoms with Crippen LogP contribution >= 0.6 is 0 Å². The van der Waals surface area contributed by atoms with E-state index in [1.54, 1.807) is 20.0 Å². The number of hydrogen-bond acceptors (Lipinski definition) is 6. The van der Waals surface area contributed by atoms with E-state index in [9.17, 15) is 18.5 Å². The van der Waals surface area contributed by atoms with Crippen LogP contribution < -0.4 is 0 Å². The fourth-order valence-electron chi connectivity index (χ4n) is 3.17. The summed E-state index contributed by atoms with van der Waals surface area (Å²) in [5, 5.41) is 11.1. The van der Waals surface area contributed by atoms with Crippen LogP contribution in [0.3, 0.4) is 0 Å². The van der Waals surface area contributed by atoms with Crippen LogP contribution in [0.15, 0.2) is 41.4 Å². The number of benzene rings is 1. The predicted molar refractivity (Wildman–Crippen MR) is 101 cm³/mol. The SMILES string of the molecule is Cc1cc([N+](=O)[O-])cc(S(=O)(=O)N2CCN(Cc3ccccn3)CC2)c1C. The molecular formula is C18H22N4O4S. The first-order chi connectivity index (χ1) is 12.8. The number of piperazine rings is 1. The van der Waals surface area contributed by atoms with Crippen LogP contribution in [0.4, 0.5) is 5.69 Å². The van der Waals surface area contributed by atoms with Crippen molar-refractivity contribution in [1.29, 1.82) is 0 Å². The summed E-state index contributed by atoms with van der Waals surface area (Å²) in [5.41, 5.74) is 1.89. The number of sulfonamides is 1. The minimum Gasteiger partial charge on any atom is -0.295 e. The molecule has 27 heavy (non-hydrogen) atoms. The van der Waals surface area contributed by atoms with Crippen molar-refractivity contribution < 1.29 is 13.3 Å². The van der Waals surface area contributed by atoms with Gasteiger partial charge in [0.05, 0.1) is 15.5 Å². The normalized spacial score (nSPS) is 16.4. The smallest absolute Gasteiger partial charge is 0.271 e. The number of nitrogens with zero attached hydrogens (tertiary/aromatic N) is 4. The van der Waals surface area contributed by atoms with E-state index in [0.29, 0.717) is 43.9 Å². The largest absolute Gasteiger partial charge is 0.295 e. The van der Waals surface area contributed by atoms with Crippen LogP contribution in [0.5, 0.6) is 0 Å². The number of non-ortho nitro benzene ring substituents is 1. The van der Waals surface area contributed by atoms with E-state index < -0.39 is 14.9 Å². The Morgan fingerprint density at radius 1 is 1.15 bits per heavy atom. The highest BCUT2D eigenvalue weighted by molar-refractivity contribution is 7.89. The first-order valence-corrected chi connectivity index (χ1v) is 10.1. The summed E-state index contributed by atoms with van der Waals surface area (Å²) in [5.74, 6) is 0. The summed E-state index contributed by atoms with van der Waals surface area (Å²) in [6.07, 6.45) is 1.74. The fourth-order valence-corrected chi connectivity index (χ4v) is 4.91. The molecule has 0 spiro atoms. The van der Waals surface area contributed by atoms with E-state index in [4.69, 9.17) is 0 Å². The molecule has 1 aromatic carbocycles. The average molecular weight is 390 g/mol. The van der Waals surface area contributed by atoms with Crippen molar-refractivity contribution in [2.75, 3.05) is 26.2 Å². The minimum absolute atomic E-state index is 0.0207. The molecular weight excluding hydrogens is 368 g/mol. The fraction of sp³-hybridized carbons (Fsp3) is 0.389. The summed E-state index contributed by atoms with van der Waals surface area (Å²) < 4.78 is 27.6. The Balaban J connectivity index is 1.76. The molecule has 0 aliphatic carbocycles. The van der Waals surface area contributed by atoms with E-state index in [2.05, 4.69) is 9.88 Å². The van der Waals surface area contributed by atoms with Gasteiger partial charge in [-0.2, -0.15) is 4.31 Å². The van der Waals surface area contributed by atoms with E-state index in [1.807, 2.05) is 18.2 Å². The number of pyridine rings is 1. The van der Waals surface area contributed by atoms with E-state index in [0.717, 1.165) is 11.8 Å². The molecule has 1 fully saturated rings. The van der Waals surface area contributed by atoms with Crippen LogP contribution in [0.25, 0.3) is 0 Å². The van der Waals surface area contributed by atoms with Gasteiger partial charge in [0.2, 0.25) is 10.0 Å². The summed E-state index contributed by atoms with van der Waals surface area (Å²) in [7, 11) is -3.78. The molecule has 0 bridgehead atoms. The molecule has 0 amide bonds. The summed E-state index contributed by atoms with van der Waals surface area (Å²) in [4.78, 5) is 17.0. The van der Waals surface area contributed by atoms with Gasteiger partial charge >= 0.3 is 0 Å². The van der Waals surface area contributed by atoms with Gasteiger partial charge in [-0.3, -0.25) is 20.0 Å². The van der Waals surface area contributed by atoms with Crippen LogP contribution in [-0.4, -0.2) is 53.7 Å². The van der Waals surface area contributed by atoms with Crippen molar-refractivity contribution in [1.82, 2.24) is 14.2 Å². The van der Waals surface area contributed by atoms with Crippen molar-refractivity contribution in [3.05, 3.63) is 63.5 Å². The lowest BCUT2D eigenvalue weighted by Crippen LogP contribution is -2.48. The summed E-state index contributed by atoms with van der Waals surface area (Å²) in [6, 6.07) is 8.29. The van der Waals surface area contributed by atoms with Gasteiger partial charge in [-0.1, -0.05) is 6.07 Å². The van der Waals surface area contributed by atoms with Gasteiger partial charge in [0, 0.05) is 51.1 Å². The number of hydrogen-bond donors (Lipinski definition) is 0. The van der Waals surface area contributed by atoms with E-state index in [1.165, 1.54) is 10.4 Å². The minimum atomic E-state index is -3.78. The van der Waals surface area contributed by atoms with Gasteiger partial charge in [-0.25, -0.2) is 8.42 Å². The third-order valence-electron chi connectivity index (χ3n) is 4.88. The number of rotatable bonds is 5. The number of nitro benzene ring substituents is 1. The molecule has 1 aliphatic heterocycles. The maximum Gasteiger partial charge on any atom is 0.271 e. The Bertz CT molecular complexity index is 939. The van der Waals surface area contributed by atoms with E-state index in [-0.39, 0.29) is 10.6 Å². The lowest BCUT2D eigenvalue weighted by Gasteiger charge is -2.34. The van der Waals surface area contributed by atoms with E-state index >= 15 is 0 Å². The van der Waals surface area contributed by atoms with Crippen molar-refractivity contribution in [2.24, 2.45) is 0 Å². The summed E-state index contributed by atoms with van der Waals surface area (Å²) in [6.45, 7) is 5.90. The Morgan fingerprint density at radius 3 is 2.44 bits per heavy atom. The molecule has 1 aliphatic rings. The summed E-state index contributed by atoms with van der Waals surface area (Å²) >= 11 is 0. The third kappa shape index (κ3) is 4.15. The van der Waals surface area contributed by atoms with Crippen molar-refractivity contribution >= 4 is 15.7 Å². The number of aromatic nitrogens is 1. The molecule has 144 valence electrons. The van der Waals surface area contributed by atoms with Gasteiger partial charge in [0.15, 0.2) is 0 Å². The van der Waals surface area contributed by atoms with Gasteiger partial charge in [-0.15, -0.1) is 0 Å². The highest BCUT2D eigenvalue weighted by Gasteiger charge is 2.31. The van der Waals surface area contributed by atoms with Gasteiger partial charge in [-0.05, 0) is 37.1 Å². The van der Waals surface area contributed by atoms with Gasteiger partial charge in [0.25, 0.3) is 5.69 Å². The molecule has 0 N–H and O–H groups in total. The first-order valence-electron chi connectivity index (χ1n) is 8.67. The van der Waals surface area contributed by atoms with Crippen LogP contribution in [0.1, 0.15) is 16.8 Å². The Labute approximate surface area is 158 Å². The van der Waals surface area contributed by atoms with Crippen LogP contribution in [0, 0.1) is 24.0 Å². The molecule has 0 saturated carbocycles. The predicted octanol–water partition coefficient (Wildman–Crippen LogP) is 2.11. The monoisotopic (exact) mass is 390 g/mol. The molecule has 8 nitrogen and oxygen atoms in total. The van der Waals surface area contributed by atoms with Crippen LogP contribution in [0.2, 0.25) is 0 Å². The molecule has 0 atom stereocenters. The molecule has 2 aromatic rings. The zero-order chi connectivity index (χ0) is 19.6. The number of nitro groups is 1. The highest BCUT2D eigenvalue weighted by atomic mass is 32.2. The lowest BCUT2D eigenvalue weighted by atomic mass is 10.1. The van der Waals surface area contributed by atoms with Gasteiger partial charge in [0.1, 0.15) is 0 Å². The lowest BCUT2D eigenvalue weighted by molar-refractivity contribution is -0.385. The average Bonchev–Trinajstić information content (AvgIpc) is 2.65. The molecule has 0 unspecified atom stereocenters. The quantitative estimate of drug-likeness (QED) is 0.573. The molecule has 3 rings (SSSR count). The first kappa shape index (κ1) is 19.4. The molecule has 9 heteroatoms. The maximum absolute atomic E-state index is 13.1. The molecule has 1 aromatic heterocycles. The molecule has 1 saturated heterocycles. The highest BCUT2D eigenvalue weighted by Crippen LogP contribution is 2.28. The standard InChI is InChI=1S/C18H22N4O4S/c1-14-11-17(22(23)24)12-18(15(14)2)27(25,26)21-9-7-20(8-10-21)13-16-5-3-4-6-19-16/h3-6,11-12H,7-10,13H2,1-2H3. The van der Waals surface area contributed by atoms with Crippen molar-refractivity contribution in [2.45, 2.75) is 25.3 Å². The Morgan fingerprint density at radius 2 is 1.85 bits per heavy atom. The zero-order valence-electron chi connectivity index (χ0n) is 15.3. The van der Waals surface area contributed by atoms with Crippen molar-refractivity contribution in [3.8, 4) is 0 Å². The maximum atomic E-state index is 13.1. The topological polar surface area (TPSA) is 96.6 Å².